The zero-order valence-electron chi connectivity index (χ0n) is 15.0. The summed E-state index contributed by atoms with van der Waals surface area (Å²) in [6.45, 7) is 0.295. The summed E-state index contributed by atoms with van der Waals surface area (Å²) >= 11 is 0. The van der Waals surface area contributed by atoms with Crippen LogP contribution in [0, 0.1) is 10.1 Å². The molecular weight excluding hydrogens is 354 g/mol. The largest absolute Gasteiger partial charge is 0.490 e. The topological polar surface area (TPSA) is 112 Å². The van der Waals surface area contributed by atoms with Crippen LogP contribution >= 0.6 is 0 Å². The fourth-order valence-electron chi connectivity index (χ4n) is 2.44. The SMILES string of the molecule is COC(=O)CCN(Cc1cccnc1)C(=O)c1ccc(OC)c([N+](=O)[O-])c1. The number of carbonyl (C=O) groups excluding carboxylic acids is 2. The Labute approximate surface area is 155 Å². The van der Waals surface area contributed by atoms with E-state index in [1.54, 1.807) is 24.5 Å². The van der Waals surface area contributed by atoms with Crippen LogP contribution in [0.3, 0.4) is 0 Å². The number of pyridine rings is 1. The van der Waals surface area contributed by atoms with Gasteiger partial charge >= 0.3 is 11.7 Å². The number of hydrogen-bond donors (Lipinski definition) is 0. The van der Waals surface area contributed by atoms with Gasteiger partial charge in [0.2, 0.25) is 0 Å². The van der Waals surface area contributed by atoms with Gasteiger partial charge < -0.3 is 14.4 Å². The van der Waals surface area contributed by atoms with Crippen LogP contribution in [0.2, 0.25) is 0 Å². The molecule has 0 radical (unpaired) electrons. The first-order valence-corrected chi connectivity index (χ1v) is 8.03. The summed E-state index contributed by atoms with van der Waals surface area (Å²) in [5.74, 6) is -0.849. The molecule has 0 saturated heterocycles. The van der Waals surface area contributed by atoms with Crippen molar-refractivity contribution in [3.05, 3.63) is 64.0 Å². The molecular formula is C18H19N3O6. The maximum atomic E-state index is 12.9. The molecule has 2 rings (SSSR count). The molecule has 0 fully saturated rings. The monoisotopic (exact) mass is 373 g/mol. The van der Waals surface area contributed by atoms with Gasteiger partial charge in [-0.05, 0) is 23.8 Å². The van der Waals surface area contributed by atoms with Gasteiger partial charge in [0.15, 0.2) is 5.75 Å². The van der Waals surface area contributed by atoms with Crippen LogP contribution in [0.15, 0.2) is 42.7 Å². The summed E-state index contributed by atoms with van der Waals surface area (Å²) in [7, 11) is 2.58. The van der Waals surface area contributed by atoms with Crippen molar-refractivity contribution < 1.29 is 24.0 Å². The van der Waals surface area contributed by atoms with Crippen molar-refractivity contribution in [2.24, 2.45) is 0 Å². The molecule has 1 amide bonds. The maximum Gasteiger partial charge on any atom is 0.311 e. The van der Waals surface area contributed by atoms with Gasteiger partial charge in [-0.3, -0.25) is 24.7 Å². The van der Waals surface area contributed by atoms with Crippen molar-refractivity contribution in [2.75, 3.05) is 20.8 Å². The molecule has 1 heterocycles. The molecule has 9 nitrogen and oxygen atoms in total. The zero-order chi connectivity index (χ0) is 19.8. The molecule has 0 N–H and O–H groups in total. The number of nitro groups is 1. The number of amides is 1. The lowest BCUT2D eigenvalue weighted by atomic mass is 10.1. The first-order chi connectivity index (χ1) is 13.0. The Hall–Kier alpha value is -3.49. The van der Waals surface area contributed by atoms with E-state index in [0.29, 0.717) is 0 Å². The van der Waals surface area contributed by atoms with Crippen molar-refractivity contribution in [3.8, 4) is 5.75 Å². The number of methoxy groups -OCH3 is 2. The number of rotatable bonds is 8. The van der Waals surface area contributed by atoms with Crippen LogP contribution in [-0.4, -0.2) is 47.4 Å². The quantitative estimate of drug-likeness (QED) is 0.396. The highest BCUT2D eigenvalue weighted by molar-refractivity contribution is 5.95. The third-order valence-corrected chi connectivity index (χ3v) is 3.82. The Kier molecular flexibility index (Phi) is 6.81. The standard InChI is InChI=1S/C18H19N3O6/c1-26-16-6-5-14(10-15(16)21(24)25)18(23)20(9-7-17(22)27-2)12-13-4-3-8-19-11-13/h3-6,8,10-11H,7,9,12H2,1-2H3. The lowest BCUT2D eigenvalue weighted by Crippen LogP contribution is -2.33. The number of hydrogen-bond acceptors (Lipinski definition) is 7. The van der Waals surface area contributed by atoms with E-state index in [0.717, 1.165) is 11.6 Å². The first-order valence-electron chi connectivity index (χ1n) is 8.03. The minimum atomic E-state index is -0.616. The summed E-state index contributed by atoms with van der Waals surface area (Å²) < 4.78 is 9.58. The number of nitro benzene ring substituents is 1. The predicted molar refractivity (Wildman–Crippen MR) is 95.3 cm³/mol. The molecule has 2 aromatic rings. The molecule has 0 aliphatic heterocycles. The zero-order valence-corrected chi connectivity index (χ0v) is 15.0. The van der Waals surface area contributed by atoms with Crippen LogP contribution in [0.25, 0.3) is 0 Å². The molecule has 1 aromatic heterocycles. The minimum absolute atomic E-state index is 0.000744. The van der Waals surface area contributed by atoms with E-state index < -0.39 is 16.8 Å². The fraction of sp³-hybridized carbons (Fsp3) is 0.278. The molecule has 0 spiro atoms. The molecule has 0 atom stereocenters. The molecule has 0 aliphatic carbocycles. The van der Waals surface area contributed by atoms with Gasteiger partial charge in [0, 0.05) is 37.1 Å². The van der Waals surface area contributed by atoms with Gasteiger partial charge in [0.25, 0.3) is 5.91 Å². The van der Waals surface area contributed by atoms with Crippen molar-refractivity contribution >= 4 is 17.6 Å². The van der Waals surface area contributed by atoms with Crippen molar-refractivity contribution in [2.45, 2.75) is 13.0 Å². The summed E-state index contributed by atoms with van der Waals surface area (Å²) in [4.78, 5) is 40.4. The Balaban J connectivity index is 2.30. The third-order valence-electron chi connectivity index (χ3n) is 3.82. The Bertz CT molecular complexity index is 825. The van der Waals surface area contributed by atoms with Gasteiger partial charge in [-0.25, -0.2) is 0 Å². The van der Waals surface area contributed by atoms with E-state index in [1.165, 1.54) is 31.3 Å². The van der Waals surface area contributed by atoms with E-state index >= 15 is 0 Å². The number of aromatic nitrogens is 1. The second-order valence-corrected chi connectivity index (χ2v) is 5.56. The minimum Gasteiger partial charge on any atom is -0.490 e. The molecule has 0 aliphatic rings. The van der Waals surface area contributed by atoms with Crippen LogP contribution in [0.5, 0.6) is 5.75 Å². The Morgan fingerprint density at radius 3 is 2.63 bits per heavy atom. The van der Waals surface area contributed by atoms with E-state index in [2.05, 4.69) is 9.72 Å². The maximum absolute atomic E-state index is 12.9. The smallest absolute Gasteiger partial charge is 0.311 e. The van der Waals surface area contributed by atoms with Gasteiger partial charge in [-0.15, -0.1) is 0 Å². The molecule has 9 heteroatoms. The number of esters is 1. The number of ether oxygens (including phenoxy) is 2. The summed E-state index contributed by atoms with van der Waals surface area (Å²) in [6, 6.07) is 7.50. The number of nitrogens with zero attached hydrogens (tertiary/aromatic N) is 3. The highest BCUT2D eigenvalue weighted by Crippen LogP contribution is 2.28. The van der Waals surface area contributed by atoms with Crippen molar-refractivity contribution in [1.82, 2.24) is 9.88 Å². The summed E-state index contributed by atoms with van der Waals surface area (Å²) in [6.07, 6.45) is 3.21. The molecule has 1 aromatic carbocycles. The van der Waals surface area contributed by atoms with Crippen LogP contribution in [0.4, 0.5) is 5.69 Å². The van der Waals surface area contributed by atoms with Crippen LogP contribution in [-0.2, 0) is 16.1 Å². The lowest BCUT2D eigenvalue weighted by Gasteiger charge is -2.22. The summed E-state index contributed by atoms with van der Waals surface area (Å²) in [5.41, 5.74) is 0.577. The molecule has 0 saturated carbocycles. The predicted octanol–water partition coefficient (Wildman–Crippen LogP) is 2.20. The fourth-order valence-corrected chi connectivity index (χ4v) is 2.44. The number of benzene rings is 1. The van der Waals surface area contributed by atoms with E-state index in [4.69, 9.17) is 4.74 Å². The molecule has 0 unspecified atom stereocenters. The molecule has 27 heavy (non-hydrogen) atoms. The average molecular weight is 373 g/mol. The van der Waals surface area contributed by atoms with Crippen molar-refractivity contribution in [1.29, 1.82) is 0 Å². The second kappa shape index (κ2) is 9.27. The highest BCUT2D eigenvalue weighted by Gasteiger charge is 2.22. The molecule has 142 valence electrons. The second-order valence-electron chi connectivity index (χ2n) is 5.56. The Morgan fingerprint density at radius 1 is 1.26 bits per heavy atom. The lowest BCUT2D eigenvalue weighted by molar-refractivity contribution is -0.385. The van der Waals surface area contributed by atoms with Gasteiger partial charge in [0.1, 0.15) is 0 Å². The van der Waals surface area contributed by atoms with Crippen LogP contribution < -0.4 is 4.74 Å². The normalized spacial score (nSPS) is 10.1. The van der Waals surface area contributed by atoms with E-state index in [1.807, 2.05) is 0 Å². The number of carbonyl (C=O) groups is 2. The van der Waals surface area contributed by atoms with Crippen molar-refractivity contribution in [3.63, 3.8) is 0 Å². The van der Waals surface area contributed by atoms with Gasteiger partial charge in [0.05, 0.1) is 25.6 Å². The highest BCUT2D eigenvalue weighted by atomic mass is 16.6. The summed E-state index contributed by atoms with van der Waals surface area (Å²) in [5, 5.41) is 11.2. The van der Waals surface area contributed by atoms with E-state index in [-0.39, 0.29) is 36.5 Å². The van der Waals surface area contributed by atoms with Crippen LogP contribution in [0.1, 0.15) is 22.3 Å². The van der Waals surface area contributed by atoms with Gasteiger partial charge in [-0.1, -0.05) is 6.07 Å². The van der Waals surface area contributed by atoms with E-state index in [9.17, 15) is 19.7 Å². The average Bonchev–Trinajstić information content (AvgIpc) is 2.70. The first kappa shape index (κ1) is 19.8. The van der Waals surface area contributed by atoms with Gasteiger partial charge in [-0.2, -0.15) is 0 Å². The third kappa shape index (κ3) is 5.24. The Morgan fingerprint density at radius 2 is 2.04 bits per heavy atom. The molecule has 0 bridgehead atoms.